The first-order chi connectivity index (χ1) is 7.59. The number of benzene rings is 1. The second-order valence-electron chi connectivity index (χ2n) is 3.09. The largest absolute Gasteiger partial charge is 0.325 e. The highest BCUT2D eigenvalue weighted by molar-refractivity contribution is 6.43. The minimum absolute atomic E-state index is 0.270. The lowest BCUT2D eigenvalue weighted by Crippen LogP contribution is -2.22. The predicted molar refractivity (Wildman–Crippen MR) is 63.1 cm³/mol. The smallest absolute Gasteiger partial charge is 0.313 e. The van der Waals surface area contributed by atoms with Crippen molar-refractivity contribution in [2.45, 2.75) is 0 Å². The number of hydrogen-bond acceptors (Lipinski definition) is 2. The summed E-state index contributed by atoms with van der Waals surface area (Å²) in [5.41, 5.74) is -0.321. The lowest BCUT2D eigenvalue weighted by Gasteiger charge is -2.03. The van der Waals surface area contributed by atoms with E-state index >= 15 is 0 Å². The molecular formula is C10H6Cl2N2O2. The van der Waals surface area contributed by atoms with Gasteiger partial charge in [0.1, 0.15) is 0 Å². The van der Waals surface area contributed by atoms with E-state index in [0.29, 0.717) is 10.6 Å². The summed E-state index contributed by atoms with van der Waals surface area (Å²) >= 11 is 11.8. The van der Waals surface area contributed by atoms with E-state index in [1.165, 1.54) is 6.20 Å². The first-order valence-corrected chi connectivity index (χ1v) is 5.11. The van der Waals surface area contributed by atoms with Crippen LogP contribution in [-0.2, 0) is 0 Å². The van der Waals surface area contributed by atoms with Crippen LogP contribution in [0.1, 0.15) is 0 Å². The Kier molecular flexibility index (Phi) is 2.85. The topological polar surface area (TPSA) is 65.7 Å². The maximum absolute atomic E-state index is 11.5. The third-order valence-electron chi connectivity index (χ3n) is 2.06. The van der Waals surface area contributed by atoms with Gasteiger partial charge >= 0.3 is 5.69 Å². The number of hydrogen-bond donors (Lipinski definition) is 2. The fourth-order valence-electron chi connectivity index (χ4n) is 1.32. The molecule has 1 heterocycles. The summed E-state index contributed by atoms with van der Waals surface area (Å²) in [4.78, 5) is 26.9. The zero-order valence-corrected chi connectivity index (χ0v) is 9.39. The molecule has 1 aromatic heterocycles. The number of aromatic nitrogens is 2. The van der Waals surface area contributed by atoms with Crippen LogP contribution >= 0.6 is 23.2 Å². The van der Waals surface area contributed by atoms with Crippen molar-refractivity contribution in [3.8, 4) is 11.1 Å². The Balaban J connectivity index is 2.73. The van der Waals surface area contributed by atoms with Crippen LogP contribution in [0.5, 0.6) is 0 Å². The molecule has 0 bridgehead atoms. The molecule has 16 heavy (non-hydrogen) atoms. The highest BCUT2D eigenvalue weighted by Gasteiger charge is 2.10. The zero-order chi connectivity index (χ0) is 11.7. The van der Waals surface area contributed by atoms with Gasteiger partial charge in [-0.2, -0.15) is 0 Å². The van der Waals surface area contributed by atoms with Crippen LogP contribution in [0.2, 0.25) is 10.0 Å². The fourth-order valence-corrected chi connectivity index (χ4v) is 1.72. The van der Waals surface area contributed by atoms with E-state index in [0.717, 1.165) is 0 Å². The van der Waals surface area contributed by atoms with Gasteiger partial charge in [0.25, 0.3) is 5.56 Å². The van der Waals surface area contributed by atoms with Crippen molar-refractivity contribution in [3.05, 3.63) is 55.3 Å². The number of aromatic amines is 2. The Morgan fingerprint density at radius 1 is 1.06 bits per heavy atom. The second kappa shape index (κ2) is 4.15. The van der Waals surface area contributed by atoms with Gasteiger partial charge in [-0.05, 0) is 6.07 Å². The van der Waals surface area contributed by atoms with Gasteiger partial charge in [0.15, 0.2) is 0 Å². The lowest BCUT2D eigenvalue weighted by atomic mass is 10.1. The minimum atomic E-state index is -0.563. The molecule has 1 aromatic carbocycles. The Hall–Kier alpha value is -1.52. The van der Waals surface area contributed by atoms with Gasteiger partial charge < -0.3 is 4.98 Å². The van der Waals surface area contributed by atoms with Crippen LogP contribution in [0.15, 0.2) is 34.0 Å². The van der Waals surface area contributed by atoms with E-state index in [-0.39, 0.29) is 10.6 Å². The summed E-state index contributed by atoms with van der Waals surface area (Å²) < 4.78 is 0. The van der Waals surface area contributed by atoms with Gasteiger partial charge in [0.2, 0.25) is 0 Å². The summed E-state index contributed by atoms with van der Waals surface area (Å²) in [7, 11) is 0. The number of nitrogens with one attached hydrogen (secondary N) is 2. The van der Waals surface area contributed by atoms with Gasteiger partial charge in [-0.1, -0.05) is 35.3 Å². The van der Waals surface area contributed by atoms with Crippen molar-refractivity contribution in [3.63, 3.8) is 0 Å². The van der Waals surface area contributed by atoms with Gasteiger partial charge in [-0.15, -0.1) is 0 Å². The highest BCUT2D eigenvalue weighted by atomic mass is 35.5. The first-order valence-electron chi connectivity index (χ1n) is 4.36. The maximum Gasteiger partial charge on any atom is 0.325 e. The van der Waals surface area contributed by atoms with Crippen molar-refractivity contribution < 1.29 is 0 Å². The number of rotatable bonds is 1. The molecule has 2 rings (SSSR count). The third kappa shape index (κ3) is 1.89. The Bertz CT molecular complexity index is 646. The first kappa shape index (κ1) is 11.0. The molecular weight excluding hydrogens is 251 g/mol. The van der Waals surface area contributed by atoms with Gasteiger partial charge in [-0.25, -0.2) is 4.79 Å². The third-order valence-corrected chi connectivity index (χ3v) is 2.88. The van der Waals surface area contributed by atoms with Crippen LogP contribution in [0, 0.1) is 0 Å². The summed E-state index contributed by atoms with van der Waals surface area (Å²) in [5.74, 6) is 0. The average molecular weight is 257 g/mol. The summed E-state index contributed by atoms with van der Waals surface area (Å²) in [6.07, 6.45) is 1.30. The summed E-state index contributed by atoms with van der Waals surface area (Å²) in [5, 5.41) is 0.631. The van der Waals surface area contributed by atoms with Crippen molar-refractivity contribution in [1.29, 1.82) is 0 Å². The fraction of sp³-hybridized carbons (Fsp3) is 0. The van der Waals surface area contributed by atoms with E-state index in [4.69, 9.17) is 23.2 Å². The molecule has 0 fully saturated rings. The molecule has 6 heteroatoms. The molecule has 0 radical (unpaired) electrons. The van der Waals surface area contributed by atoms with Crippen LogP contribution in [-0.4, -0.2) is 9.97 Å². The molecule has 0 saturated carbocycles. The van der Waals surface area contributed by atoms with E-state index in [1.807, 2.05) is 0 Å². The molecule has 2 N–H and O–H groups in total. The molecule has 0 spiro atoms. The Morgan fingerprint density at radius 2 is 1.81 bits per heavy atom. The van der Waals surface area contributed by atoms with E-state index in [9.17, 15) is 9.59 Å². The summed E-state index contributed by atoms with van der Waals surface area (Å²) in [6, 6.07) is 4.94. The number of H-pyrrole nitrogens is 2. The van der Waals surface area contributed by atoms with Crippen molar-refractivity contribution in [1.82, 2.24) is 9.97 Å². The molecule has 0 aliphatic rings. The molecule has 82 valence electrons. The van der Waals surface area contributed by atoms with Gasteiger partial charge in [0.05, 0.1) is 15.6 Å². The summed E-state index contributed by atoms with van der Waals surface area (Å²) in [6.45, 7) is 0. The molecule has 2 aromatic rings. The van der Waals surface area contributed by atoms with Crippen molar-refractivity contribution in [2.24, 2.45) is 0 Å². The van der Waals surface area contributed by atoms with Crippen LogP contribution < -0.4 is 11.2 Å². The normalized spacial score (nSPS) is 10.4. The Morgan fingerprint density at radius 3 is 2.50 bits per heavy atom. The molecule has 0 aliphatic heterocycles. The van der Waals surface area contributed by atoms with Crippen LogP contribution in [0.3, 0.4) is 0 Å². The number of halogens is 2. The minimum Gasteiger partial charge on any atom is -0.313 e. The lowest BCUT2D eigenvalue weighted by molar-refractivity contribution is 1.04. The van der Waals surface area contributed by atoms with Crippen molar-refractivity contribution >= 4 is 23.2 Å². The quantitative estimate of drug-likeness (QED) is 0.820. The standard InChI is InChI=1S/C10H6Cl2N2O2/c11-7-3-1-2-5(8(7)12)6-4-13-10(16)14-9(6)15/h1-4H,(H2,13,14,15,16). The van der Waals surface area contributed by atoms with Crippen molar-refractivity contribution in [2.75, 3.05) is 0 Å². The van der Waals surface area contributed by atoms with Crippen LogP contribution in [0.4, 0.5) is 0 Å². The second-order valence-corrected chi connectivity index (χ2v) is 3.87. The van der Waals surface area contributed by atoms with E-state index in [1.54, 1.807) is 18.2 Å². The van der Waals surface area contributed by atoms with E-state index < -0.39 is 11.2 Å². The van der Waals surface area contributed by atoms with Gasteiger partial charge in [0, 0.05) is 11.8 Å². The molecule has 0 amide bonds. The molecule has 0 aliphatic carbocycles. The molecule has 0 atom stereocenters. The zero-order valence-electron chi connectivity index (χ0n) is 7.88. The predicted octanol–water partition coefficient (Wildman–Crippen LogP) is 2.04. The molecule has 0 unspecified atom stereocenters. The molecule has 4 nitrogen and oxygen atoms in total. The average Bonchev–Trinajstić information content (AvgIpc) is 2.23. The maximum atomic E-state index is 11.5. The SMILES string of the molecule is O=c1[nH]cc(-c2cccc(Cl)c2Cl)c(=O)[nH]1. The van der Waals surface area contributed by atoms with E-state index in [2.05, 4.69) is 9.97 Å². The molecule has 0 saturated heterocycles. The van der Waals surface area contributed by atoms with Crippen LogP contribution in [0.25, 0.3) is 11.1 Å². The monoisotopic (exact) mass is 256 g/mol. The Labute approximate surface area is 99.9 Å². The highest BCUT2D eigenvalue weighted by Crippen LogP contribution is 2.31. The van der Waals surface area contributed by atoms with Gasteiger partial charge in [-0.3, -0.25) is 9.78 Å².